The molecule has 21 heavy (non-hydrogen) atoms. The van der Waals surface area contributed by atoms with Crippen LogP contribution in [-0.2, 0) is 4.74 Å². The van der Waals surface area contributed by atoms with E-state index in [0.717, 1.165) is 4.68 Å². The topological polar surface area (TPSA) is 73.2 Å². The lowest BCUT2D eigenvalue weighted by Crippen LogP contribution is -2.19. The third-order valence-electron chi connectivity index (χ3n) is 2.58. The molecule has 0 atom stereocenters. The number of para-hydroxylation sites is 1. The number of benzene rings is 1. The summed E-state index contributed by atoms with van der Waals surface area (Å²) in [6.45, 7) is 4.19. The van der Waals surface area contributed by atoms with E-state index >= 15 is 0 Å². The first-order valence-electron chi connectivity index (χ1n) is 6.65. The molecule has 0 bridgehead atoms. The van der Waals surface area contributed by atoms with Gasteiger partial charge in [-0.2, -0.15) is 9.78 Å². The van der Waals surface area contributed by atoms with Crippen LogP contribution in [-0.4, -0.2) is 28.4 Å². The Labute approximate surface area is 122 Å². The van der Waals surface area contributed by atoms with Crippen LogP contribution in [0, 0.1) is 5.92 Å². The van der Waals surface area contributed by atoms with Gasteiger partial charge in [0, 0.05) is 11.9 Å². The van der Waals surface area contributed by atoms with Crippen LogP contribution >= 0.6 is 0 Å². The highest BCUT2D eigenvalue weighted by molar-refractivity contribution is 6.02. The van der Waals surface area contributed by atoms with E-state index in [1.54, 1.807) is 12.1 Å². The molecule has 0 aliphatic rings. The fourth-order valence-electron chi connectivity index (χ4n) is 1.57. The molecule has 0 fully saturated rings. The summed E-state index contributed by atoms with van der Waals surface area (Å²) in [4.78, 5) is 23.7. The zero-order valence-electron chi connectivity index (χ0n) is 11.9. The van der Waals surface area contributed by atoms with E-state index in [4.69, 9.17) is 4.74 Å². The predicted octanol–water partition coefficient (Wildman–Crippen LogP) is 2.78. The molecule has 1 heterocycles. The maximum Gasteiger partial charge on any atom is 0.434 e. The minimum absolute atomic E-state index is 0.153. The Morgan fingerprint density at radius 3 is 2.62 bits per heavy atom. The standard InChI is InChI=1S/C15H17N3O3/c1-11(2)10-21-15(20)18-9-8-13(17-18)14(19)16-12-6-4-3-5-7-12/h3-9,11H,10H2,1-2H3,(H,16,19). The quantitative estimate of drug-likeness (QED) is 0.938. The molecular formula is C15H17N3O3. The molecule has 0 aliphatic heterocycles. The number of nitrogens with zero attached hydrogens (tertiary/aromatic N) is 2. The first-order chi connectivity index (χ1) is 10.1. The van der Waals surface area contributed by atoms with Crippen molar-refractivity contribution in [1.82, 2.24) is 9.78 Å². The Morgan fingerprint density at radius 1 is 1.24 bits per heavy atom. The van der Waals surface area contributed by atoms with Gasteiger partial charge in [0.05, 0.1) is 6.61 Å². The van der Waals surface area contributed by atoms with Crippen LogP contribution in [0.4, 0.5) is 10.5 Å². The van der Waals surface area contributed by atoms with Gasteiger partial charge in [-0.05, 0) is 24.1 Å². The smallest absolute Gasteiger partial charge is 0.434 e. The molecule has 2 rings (SSSR count). The van der Waals surface area contributed by atoms with E-state index in [0.29, 0.717) is 12.3 Å². The number of anilines is 1. The Morgan fingerprint density at radius 2 is 1.95 bits per heavy atom. The van der Waals surface area contributed by atoms with Crippen molar-refractivity contribution >= 4 is 17.7 Å². The van der Waals surface area contributed by atoms with Crippen molar-refractivity contribution in [3.63, 3.8) is 0 Å². The van der Waals surface area contributed by atoms with Gasteiger partial charge in [-0.15, -0.1) is 0 Å². The van der Waals surface area contributed by atoms with Crippen LogP contribution in [0.1, 0.15) is 24.3 Å². The van der Waals surface area contributed by atoms with E-state index < -0.39 is 6.09 Å². The van der Waals surface area contributed by atoms with E-state index in [1.807, 2.05) is 32.0 Å². The molecule has 2 aromatic rings. The summed E-state index contributed by atoms with van der Waals surface area (Å²) < 4.78 is 6.05. The summed E-state index contributed by atoms with van der Waals surface area (Å²) in [6.07, 6.45) is 0.810. The summed E-state index contributed by atoms with van der Waals surface area (Å²) in [5.41, 5.74) is 0.819. The number of nitrogens with one attached hydrogen (secondary N) is 1. The zero-order valence-corrected chi connectivity index (χ0v) is 11.9. The number of hydrogen-bond acceptors (Lipinski definition) is 4. The second-order valence-electron chi connectivity index (χ2n) is 4.94. The highest BCUT2D eigenvalue weighted by Gasteiger charge is 2.14. The molecule has 1 N–H and O–H groups in total. The van der Waals surface area contributed by atoms with Crippen molar-refractivity contribution in [2.45, 2.75) is 13.8 Å². The molecule has 6 heteroatoms. The molecule has 110 valence electrons. The number of carbonyl (C=O) groups is 2. The van der Waals surface area contributed by atoms with Crippen LogP contribution in [0.15, 0.2) is 42.6 Å². The summed E-state index contributed by atoms with van der Waals surface area (Å²) in [7, 11) is 0. The fourth-order valence-corrected chi connectivity index (χ4v) is 1.57. The Hall–Kier alpha value is -2.63. The van der Waals surface area contributed by atoms with Crippen molar-refractivity contribution in [2.75, 3.05) is 11.9 Å². The van der Waals surface area contributed by atoms with Gasteiger partial charge in [-0.1, -0.05) is 32.0 Å². The number of rotatable bonds is 4. The van der Waals surface area contributed by atoms with E-state index in [9.17, 15) is 9.59 Å². The van der Waals surface area contributed by atoms with Gasteiger partial charge in [0.25, 0.3) is 5.91 Å². The first-order valence-corrected chi connectivity index (χ1v) is 6.65. The second-order valence-corrected chi connectivity index (χ2v) is 4.94. The largest absolute Gasteiger partial charge is 0.448 e. The predicted molar refractivity (Wildman–Crippen MR) is 78.2 cm³/mol. The van der Waals surface area contributed by atoms with E-state index in [2.05, 4.69) is 10.4 Å². The summed E-state index contributed by atoms with van der Waals surface area (Å²) in [6, 6.07) is 10.5. The maximum absolute atomic E-state index is 12.0. The second kappa shape index (κ2) is 6.69. The highest BCUT2D eigenvalue weighted by atomic mass is 16.6. The number of hydrogen-bond donors (Lipinski definition) is 1. The van der Waals surface area contributed by atoms with Gasteiger partial charge >= 0.3 is 6.09 Å². The fraction of sp³-hybridized carbons (Fsp3) is 0.267. The SMILES string of the molecule is CC(C)COC(=O)n1ccc(C(=O)Nc2ccccc2)n1. The lowest BCUT2D eigenvalue weighted by molar-refractivity contribution is 0.102. The van der Waals surface area contributed by atoms with E-state index in [1.165, 1.54) is 12.3 Å². The van der Waals surface area contributed by atoms with Gasteiger partial charge in [0.1, 0.15) is 0 Å². The molecule has 0 radical (unpaired) electrons. The first kappa shape index (κ1) is 14.8. The van der Waals surface area contributed by atoms with Crippen molar-refractivity contribution in [3.05, 3.63) is 48.3 Å². The average Bonchev–Trinajstić information content (AvgIpc) is 2.95. The summed E-state index contributed by atoms with van der Waals surface area (Å²) in [5, 5.41) is 6.61. The highest BCUT2D eigenvalue weighted by Crippen LogP contribution is 2.07. The van der Waals surface area contributed by atoms with Gasteiger partial charge in [-0.25, -0.2) is 4.79 Å². The Balaban J connectivity index is 1.99. The Bertz CT molecular complexity index is 620. The van der Waals surface area contributed by atoms with Crippen molar-refractivity contribution < 1.29 is 14.3 Å². The minimum Gasteiger partial charge on any atom is -0.448 e. The number of amides is 1. The van der Waals surface area contributed by atoms with Crippen LogP contribution in [0.5, 0.6) is 0 Å². The number of aromatic nitrogens is 2. The molecule has 0 aliphatic carbocycles. The minimum atomic E-state index is -0.595. The van der Waals surface area contributed by atoms with Gasteiger partial charge < -0.3 is 10.1 Å². The summed E-state index contributed by atoms with van der Waals surface area (Å²) in [5.74, 6) is -0.137. The maximum atomic E-state index is 12.0. The molecule has 0 saturated carbocycles. The molecule has 1 aromatic heterocycles. The van der Waals surface area contributed by atoms with Crippen LogP contribution in [0.3, 0.4) is 0 Å². The molecule has 0 unspecified atom stereocenters. The average molecular weight is 287 g/mol. The lowest BCUT2D eigenvalue weighted by Gasteiger charge is -2.06. The Kier molecular flexibility index (Phi) is 4.71. The third kappa shape index (κ3) is 4.17. The van der Waals surface area contributed by atoms with E-state index in [-0.39, 0.29) is 17.5 Å². The molecular weight excluding hydrogens is 270 g/mol. The molecule has 1 aromatic carbocycles. The van der Waals surface area contributed by atoms with Crippen molar-refractivity contribution in [1.29, 1.82) is 0 Å². The van der Waals surface area contributed by atoms with Gasteiger partial charge in [0.2, 0.25) is 0 Å². The van der Waals surface area contributed by atoms with Crippen LogP contribution < -0.4 is 5.32 Å². The van der Waals surface area contributed by atoms with Gasteiger partial charge in [-0.3, -0.25) is 4.79 Å². The van der Waals surface area contributed by atoms with Crippen molar-refractivity contribution in [2.24, 2.45) is 5.92 Å². The van der Waals surface area contributed by atoms with Gasteiger partial charge in [0.15, 0.2) is 5.69 Å². The normalized spacial score (nSPS) is 10.4. The third-order valence-corrected chi connectivity index (χ3v) is 2.58. The molecule has 6 nitrogen and oxygen atoms in total. The molecule has 0 saturated heterocycles. The van der Waals surface area contributed by atoms with Crippen LogP contribution in [0.25, 0.3) is 0 Å². The monoisotopic (exact) mass is 287 g/mol. The molecule has 1 amide bonds. The zero-order chi connectivity index (χ0) is 15.2. The lowest BCUT2D eigenvalue weighted by atomic mass is 10.2. The van der Waals surface area contributed by atoms with Crippen molar-refractivity contribution in [3.8, 4) is 0 Å². The summed E-state index contributed by atoms with van der Waals surface area (Å²) >= 11 is 0. The number of ether oxygens (including phenoxy) is 1. The van der Waals surface area contributed by atoms with Crippen LogP contribution in [0.2, 0.25) is 0 Å². The molecule has 0 spiro atoms. The number of carbonyl (C=O) groups excluding carboxylic acids is 2.